The zero-order valence-electron chi connectivity index (χ0n) is 8.69. The highest BCUT2D eigenvalue weighted by molar-refractivity contribution is 8.00. The molecule has 0 aliphatic rings. The summed E-state index contributed by atoms with van der Waals surface area (Å²) < 4.78 is 0. The molecule has 86 valence electrons. The van der Waals surface area contributed by atoms with E-state index in [1.54, 1.807) is 6.92 Å². The van der Waals surface area contributed by atoms with Crippen molar-refractivity contribution in [1.29, 1.82) is 5.26 Å². The molecule has 15 heavy (non-hydrogen) atoms. The van der Waals surface area contributed by atoms with Gasteiger partial charge in [0.2, 0.25) is 5.91 Å². The summed E-state index contributed by atoms with van der Waals surface area (Å²) in [7, 11) is 0. The SMILES string of the molecule is CCC(CO)(CO)NC(=O)CSCC#N. The van der Waals surface area contributed by atoms with Crippen LogP contribution in [0.15, 0.2) is 0 Å². The largest absolute Gasteiger partial charge is 0.394 e. The lowest BCUT2D eigenvalue weighted by atomic mass is 9.99. The number of nitrogens with zero attached hydrogens (tertiary/aromatic N) is 1. The van der Waals surface area contributed by atoms with Gasteiger partial charge in [-0.3, -0.25) is 4.79 Å². The Morgan fingerprint density at radius 3 is 2.53 bits per heavy atom. The number of nitriles is 1. The van der Waals surface area contributed by atoms with Crippen LogP contribution in [0.4, 0.5) is 0 Å². The first kappa shape index (κ1) is 14.2. The van der Waals surface area contributed by atoms with Crippen LogP contribution in [-0.4, -0.2) is 46.4 Å². The number of thioether (sulfide) groups is 1. The predicted octanol–water partition coefficient (Wildman–Crippen LogP) is -0.507. The molecule has 0 aromatic heterocycles. The molecule has 0 fully saturated rings. The Morgan fingerprint density at radius 2 is 2.13 bits per heavy atom. The molecule has 1 amide bonds. The maximum Gasteiger partial charge on any atom is 0.230 e. The van der Waals surface area contributed by atoms with Crippen LogP contribution in [0, 0.1) is 11.3 Å². The quantitative estimate of drug-likeness (QED) is 0.514. The molecule has 5 nitrogen and oxygen atoms in total. The Bertz CT molecular complexity index is 228. The van der Waals surface area contributed by atoms with E-state index in [9.17, 15) is 4.79 Å². The van der Waals surface area contributed by atoms with Crippen molar-refractivity contribution < 1.29 is 15.0 Å². The molecule has 0 saturated carbocycles. The first-order valence-corrected chi connectivity index (χ1v) is 5.77. The second-order valence-electron chi connectivity index (χ2n) is 3.15. The van der Waals surface area contributed by atoms with Gasteiger partial charge in [0, 0.05) is 0 Å². The van der Waals surface area contributed by atoms with Gasteiger partial charge >= 0.3 is 0 Å². The van der Waals surface area contributed by atoms with Crippen LogP contribution in [0.2, 0.25) is 0 Å². The van der Waals surface area contributed by atoms with Gasteiger partial charge in [-0.2, -0.15) is 5.26 Å². The summed E-state index contributed by atoms with van der Waals surface area (Å²) in [6.07, 6.45) is 0.453. The van der Waals surface area contributed by atoms with Gasteiger partial charge in [0.1, 0.15) is 0 Å². The minimum absolute atomic E-state index is 0.162. The van der Waals surface area contributed by atoms with Gasteiger partial charge in [-0.15, -0.1) is 11.8 Å². The third-order valence-corrected chi connectivity index (χ3v) is 2.89. The Hall–Kier alpha value is -0.770. The van der Waals surface area contributed by atoms with Gasteiger partial charge in [-0.05, 0) is 6.42 Å². The second-order valence-corrected chi connectivity index (χ2v) is 4.13. The molecule has 0 aliphatic carbocycles. The van der Waals surface area contributed by atoms with Gasteiger partial charge in [-0.1, -0.05) is 6.92 Å². The van der Waals surface area contributed by atoms with E-state index in [1.807, 2.05) is 6.07 Å². The number of rotatable bonds is 7. The van der Waals surface area contributed by atoms with Crippen LogP contribution in [0.3, 0.4) is 0 Å². The minimum atomic E-state index is -0.940. The van der Waals surface area contributed by atoms with Crippen molar-refractivity contribution >= 4 is 17.7 Å². The van der Waals surface area contributed by atoms with Crippen LogP contribution >= 0.6 is 11.8 Å². The topological polar surface area (TPSA) is 93.3 Å². The zero-order valence-corrected chi connectivity index (χ0v) is 9.51. The number of amides is 1. The number of carbonyl (C=O) groups is 1. The van der Waals surface area contributed by atoms with Crippen LogP contribution in [-0.2, 0) is 4.79 Å². The van der Waals surface area contributed by atoms with Crippen molar-refractivity contribution in [1.82, 2.24) is 5.32 Å². The van der Waals surface area contributed by atoms with Crippen LogP contribution in [0.5, 0.6) is 0 Å². The molecule has 0 aliphatic heterocycles. The normalized spacial score (nSPS) is 10.8. The molecule has 0 atom stereocenters. The Kier molecular flexibility index (Phi) is 7.13. The highest BCUT2D eigenvalue weighted by Gasteiger charge is 2.28. The monoisotopic (exact) mass is 232 g/mol. The number of nitrogens with one attached hydrogen (secondary N) is 1. The van der Waals surface area contributed by atoms with Gasteiger partial charge in [-0.25, -0.2) is 0 Å². The fraction of sp³-hybridized carbons (Fsp3) is 0.778. The van der Waals surface area contributed by atoms with Gasteiger partial charge in [0.05, 0.1) is 36.3 Å². The van der Waals surface area contributed by atoms with E-state index < -0.39 is 5.54 Å². The van der Waals surface area contributed by atoms with Crippen molar-refractivity contribution in [2.24, 2.45) is 0 Å². The molecule has 0 heterocycles. The molecule has 0 unspecified atom stereocenters. The smallest absolute Gasteiger partial charge is 0.230 e. The summed E-state index contributed by atoms with van der Waals surface area (Å²) in [5.41, 5.74) is -0.940. The Morgan fingerprint density at radius 1 is 1.53 bits per heavy atom. The van der Waals surface area contributed by atoms with Crippen molar-refractivity contribution in [3.63, 3.8) is 0 Å². The highest BCUT2D eigenvalue weighted by atomic mass is 32.2. The van der Waals surface area contributed by atoms with E-state index in [4.69, 9.17) is 15.5 Å². The third kappa shape index (κ3) is 5.02. The van der Waals surface area contributed by atoms with Crippen molar-refractivity contribution in [2.75, 3.05) is 24.7 Å². The summed E-state index contributed by atoms with van der Waals surface area (Å²) in [6.45, 7) is 1.18. The molecule has 0 rings (SSSR count). The predicted molar refractivity (Wildman–Crippen MR) is 58.3 cm³/mol. The lowest BCUT2D eigenvalue weighted by molar-refractivity contribution is -0.121. The van der Waals surface area contributed by atoms with E-state index in [1.165, 1.54) is 11.8 Å². The Balaban J connectivity index is 4.07. The molecule has 0 radical (unpaired) electrons. The third-order valence-electron chi connectivity index (χ3n) is 2.09. The molecule has 3 N–H and O–H groups in total. The number of aliphatic hydroxyl groups excluding tert-OH is 2. The average molecular weight is 232 g/mol. The fourth-order valence-electron chi connectivity index (χ4n) is 0.962. The van der Waals surface area contributed by atoms with E-state index in [0.29, 0.717) is 6.42 Å². The molecule has 0 bridgehead atoms. The minimum Gasteiger partial charge on any atom is -0.394 e. The first-order valence-electron chi connectivity index (χ1n) is 4.61. The zero-order chi connectivity index (χ0) is 11.7. The number of hydrogen-bond acceptors (Lipinski definition) is 5. The van der Waals surface area contributed by atoms with Gasteiger partial charge in [0.25, 0.3) is 0 Å². The lowest BCUT2D eigenvalue weighted by Gasteiger charge is -2.29. The van der Waals surface area contributed by atoms with E-state index in [0.717, 1.165) is 0 Å². The van der Waals surface area contributed by atoms with Crippen molar-refractivity contribution in [2.45, 2.75) is 18.9 Å². The van der Waals surface area contributed by atoms with Crippen LogP contribution in [0.25, 0.3) is 0 Å². The molecule has 0 saturated heterocycles. The first-order chi connectivity index (χ1) is 7.14. The summed E-state index contributed by atoms with van der Waals surface area (Å²) in [5, 5.41) is 29.0. The van der Waals surface area contributed by atoms with Crippen LogP contribution < -0.4 is 5.32 Å². The summed E-state index contributed by atoms with van der Waals surface area (Å²) in [4.78, 5) is 11.3. The summed E-state index contributed by atoms with van der Waals surface area (Å²) in [6, 6.07) is 1.91. The standard InChI is InChI=1S/C9H16N2O3S/c1-2-9(6-12,7-13)11-8(14)5-15-4-3-10/h12-13H,2,4-7H2,1H3,(H,11,14). The number of hydrogen-bond donors (Lipinski definition) is 3. The Labute approximate surface area is 93.5 Å². The highest BCUT2D eigenvalue weighted by Crippen LogP contribution is 2.09. The fourth-order valence-corrected chi connectivity index (χ4v) is 1.41. The average Bonchev–Trinajstić information content (AvgIpc) is 2.26. The maximum atomic E-state index is 11.3. The van der Waals surface area contributed by atoms with Crippen molar-refractivity contribution in [3.05, 3.63) is 0 Å². The van der Waals surface area contributed by atoms with Crippen molar-refractivity contribution in [3.8, 4) is 6.07 Å². The molecule has 0 spiro atoms. The van der Waals surface area contributed by atoms with E-state index in [2.05, 4.69) is 5.32 Å². The van der Waals surface area contributed by atoms with E-state index >= 15 is 0 Å². The second kappa shape index (κ2) is 7.51. The maximum absolute atomic E-state index is 11.3. The molecule has 0 aromatic rings. The summed E-state index contributed by atoms with van der Waals surface area (Å²) >= 11 is 1.20. The molecule has 6 heteroatoms. The molecular weight excluding hydrogens is 216 g/mol. The van der Waals surface area contributed by atoms with Gasteiger partial charge < -0.3 is 15.5 Å². The van der Waals surface area contributed by atoms with E-state index in [-0.39, 0.29) is 30.6 Å². The lowest BCUT2D eigenvalue weighted by Crippen LogP contribution is -2.54. The number of carbonyl (C=O) groups excluding carboxylic acids is 1. The molecule has 0 aromatic carbocycles. The van der Waals surface area contributed by atoms with Gasteiger partial charge in [0.15, 0.2) is 0 Å². The van der Waals surface area contributed by atoms with Crippen LogP contribution in [0.1, 0.15) is 13.3 Å². The summed E-state index contributed by atoms with van der Waals surface area (Å²) in [5.74, 6) is 0.139. The molecular formula is C9H16N2O3S. The number of aliphatic hydroxyl groups is 2.